The normalized spacial score (nSPS) is 10.0. The minimum atomic E-state index is -0.572. The zero-order valence-corrected chi connectivity index (χ0v) is 13.7. The Hall–Kier alpha value is -2.47. The average Bonchev–Trinajstić information content (AvgIpc) is 2.60. The first kappa shape index (κ1) is 16.9. The van der Waals surface area contributed by atoms with Crippen LogP contribution in [-0.2, 0) is 9.53 Å². The van der Waals surface area contributed by atoms with E-state index in [4.69, 9.17) is 9.47 Å². The van der Waals surface area contributed by atoms with Gasteiger partial charge in [0.25, 0.3) is 5.91 Å². The molecule has 0 heterocycles. The molecule has 0 bridgehead atoms. The summed E-state index contributed by atoms with van der Waals surface area (Å²) in [4.78, 5) is 24.8. The van der Waals surface area contributed by atoms with Crippen LogP contribution in [0.4, 0.5) is 5.69 Å². The van der Waals surface area contributed by atoms with Crippen molar-refractivity contribution in [3.63, 3.8) is 0 Å². The molecule has 1 amide bonds. The van der Waals surface area contributed by atoms with E-state index in [2.05, 4.69) is 5.32 Å². The fraction of sp³-hybridized carbons (Fsp3) is 0.176. The molecule has 2 aromatic rings. The second kappa shape index (κ2) is 8.24. The van der Waals surface area contributed by atoms with Crippen LogP contribution in [0.15, 0.2) is 53.4 Å². The van der Waals surface area contributed by atoms with Crippen molar-refractivity contribution in [3.8, 4) is 5.75 Å². The van der Waals surface area contributed by atoms with Crippen LogP contribution in [0, 0.1) is 0 Å². The monoisotopic (exact) mass is 331 g/mol. The second-order valence-corrected chi connectivity index (χ2v) is 5.40. The summed E-state index contributed by atoms with van der Waals surface area (Å²) in [6.45, 7) is -0.348. The number of methoxy groups -OCH3 is 1. The van der Waals surface area contributed by atoms with Crippen molar-refractivity contribution in [2.75, 3.05) is 25.3 Å². The number of nitrogens with one attached hydrogen (secondary N) is 1. The van der Waals surface area contributed by atoms with Crippen LogP contribution in [0.5, 0.6) is 5.75 Å². The summed E-state index contributed by atoms with van der Waals surface area (Å²) in [5.41, 5.74) is 1.03. The van der Waals surface area contributed by atoms with Crippen LogP contribution < -0.4 is 10.1 Å². The number of carbonyl (C=O) groups excluding carboxylic acids is 2. The molecule has 0 saturated carbocycles. The number of carbonyl (C=O) groups is 2. The first-order chi connectivity index (χ1) is 11.1. The number of esters is 1. The van der Waals surface area contributed by atoms with E-state index in [0.29, 0.717) is 17.0 Å². The van der Waals surface area contributed by atoms with E-state index < -0.39 is 5.97 Å². The number of hydrogen-bond donors (Lipinski definition) is 1. The number of anilines is 1. The number of thioether (sulfide) groups is 1. The highest BCUT2D eigenvalue weighted by Crippen LogP contribution is 2.24. The van der Waals surface area contributed by atoms with Crippen molar-refractivity contribution >= 4 is 29.3 Å². The molecule has 0 unspecified atom stereocenters. The number of ether oxygens (including phenoxy) is 2. The summed E-state index contributed by atoms with van der Waals surface area (Å²) in [7, 11) is 1.51. The number of benzene rings is 2. The molecule has 0 aromatic heterocycles. The number of amides is 1. The van der Waals surface area contributed by atoms with E-state index in [1.54, 1.807) is 30.3 Å². The van der Waals surface area contributed by atoms with Gasteiger partial charge in [0.1, 0.15) is 5.75 Å². The molecule has 0 fully saturated rings. The minimum Gasteiger partial charge on any atom is -0.497 e. The van der Waals surface area contributed by atoms with Crippen LogP contribution in [0.1, 0.15) is 10.4 Å². The van der Waals surface area contributed by atoms with Gasteiger partial charge in [-0.25, -0.2) is 4.79 Å². The van der Waals surface area contributed by atoms with Crippen LogP contribution >= 0.6 is 11.8 Å². The van der Waals surface area contributed by atoms with Crippen LogP contribution in [0.2, 0.25) is 0 Å². The quantitative estimate of drug-likeness (QED) is 0.650. The van der Waals surface area contributed by atoms with Gasteiger partial charge in [-0.05, 0) is 36.6 Å². The Morgan fingerprint density at radius 2 is 1.91 bits per heavy atom. The molecule has 120 valence electrons. The third kappa shape index (κ3) is 4.75. The highest BCUT2D eigenvalue weighted by atomic mass is 32.2. The maximum Gasteiger partial charge on any atom is 0.338 e. The summed E-state index contributed by atoms with van der Waals surface area (Å²) in [6.07, 6.45) is 1.92. The molecule has 0 spiro atoms. The molecular weight excluding hydrogens is 314 g/mol. The fourth-order valence-electron chi connectivity index (χ4n) is 1.90. The summed E-state index contributed by atoms with van der Waals surface area (Å²) < 4.78 is 10.1. The van der Waals surface area contributed by atoms with Gasteiger partial charge in [0.05, 0.1) is 18.4 Å². The third-order valence-corrected chi connectivity index (χ3v) is 3.82. The predicted molar refractivity (Wildman–Crippen MR) is 90.1 cm³/mol. The van der Waals surface area contributed by atoms with Crippen molar-refractivity contribution < 1.29 is 19.1 Å². The largest absolute Gasteiger partial charge is 0.497 e. The smallest absolute Gasteiger partial charge is 0.338 e. The molecule has 2 aromatic carbocycles. The zero-order valence-electron chi connectivity index (χ0n) is 12.9. The van der Waals surface area contributed by atoms with Crippen molar-refractivity contribution in [1.29, 1.82) is 0 Å². The fourth-order valence-corrected chi connectivity index (χ4v) is 2.45. The molecule has 5 nitrogen and oxygen atoms in total. The lowest BCUT2D eigenvalue weighted by Crippen LogP contribution is -2.21. The average molecular weight is 331 g/mol. The summed E-state index contributed by atoms with van der Waals surface area (Å²) in [6, 6.07) is 14.0. The van der Waals surface area contributed by atoms with Crippen LogP contribution in [0.25, 0.3) is 0 Å². The van der Waals surface area contributed by atoms with E-state index in [0.717, 1.165) is 4.90 Å². The SMILES string of the molecule is COc1cccc(C(=O)OCC(=O)Nc2ccccc2SC)c1. The summed E-state index contributed by atoms with van der Waals surface area (Å²) in [5, 5.41) is 2.73. The molecule has 0 aliphatic rings. The molecule has 0 radical (unpaired) electrons. The first-order valence-electron chi connectivity index (χ1n) is 6.88. The van der Waals surface area contributed by atoms with Gasteiger partial charge in [-0.15, -0.1) is 11.8 Å². The molecular formula is C17H17NO4S. The Balaban J connectivity index is 1.92. The molecule has 1 N–H and O–H groups in total. The van der Waals surface area contributed by atoms with Crippen molar-refractivity contribution in [1.82, 2.24) is 0 Å². The highest BCUT2D eigenvalue weighted by molar-refractivity contribution is 7.98. The van der Waals surface area contributed by atoms with Gasteiger partial charge in [0.15, 0.2) is 6.61 Å². The second-order valence-electron chi connectivity index (χ2n) is 4.56. The Morgan fingerprint density at radius 1 is 1.13 bits per heavy atom. The van der Waals surface area contributed by atoms with E-state index in [9.17, 15) is 9.59 Å². The zero-order chi connectivity index (χ0) is 16.7. The maximum atomic E-state index is 11.9. The highest BCUT2D eigenvalue weighted by Gasteiger charge is 2.12. The number of para-hydroxylation sites is 1. The molecule has 0 saturated heterocycles. The van der Waals surface area contributed by atoms with Gasteiger partial charge in [-0.3, -0.25) is 4.79 Å². The van der Waals surface area contributed by atoms with Gasteiger partial charge >= 0.3 is 5.97 Å². The Bertz CT molecular complexity index is 702. The molecule has 0 aliphatic heterocycles. The van der Waals surface area contributed by atoms with Gasteiger partial charge < -0.3 is 14.8 Å². The standard InChI is InChI=1S/C17H17NO4S/c1-21-13-7-5-6-12(10-13)17(20)22-11-16(19)18-14-8-3-4-9-15(14)23-2/h3-10H,11H2,1-2H3,(H,18,19). The molecule has 6 heteroatoms. The lowest BCUT2D eigenvalue weighted by Gasteiger charge is -2.10. The molecule has 0 atom stereocenters. The predicted octanol–water partition coefficient (Wildman–Crippen LogP) is 3.21. The lowest BCUT2D eigenvalue weighted by atomic mass is 10.2. The van der Waals surface area contributed by atoms with Crippen LogP contribution in [-0.4, -0.2) is 31.8 Å². The Labute approximate surface area is 139 Å². The third-order valence-electron chi connectivity index (χ3n) is 3.02. The first-order valence-corrected chi connectivity index (χ1v) is 8.10. The van der Waals surface area contributed by atoms with Gasteiger partial charge in [-0.1, -0.05) is 18.2 Å². The summed E-state index contributed by atoms with van der Waals surface area (Å²) >= 11 is 1.53. The topological polar surface area (TPSA) is 64.6 Å². The number of hydrogen-bond acceptors (Lipinski definition) is 5. The molecule has 2 rings (SSSR count). The van der Waals surface area contributed by atoms with Crippen molar-refractivity contribution in [2.45, 2.75) is 4.90 Å². The van der Waals surface area contributed by atoms with E-state index in [1.807, 2.05) is 24.5 Å². The van der Waals surface area contributed by atoms with Crippen molar-refractivity contribution in [2.24, 2.45) is 0 Å². The van der Waals surface area contributed by atoms with Crippen LogP contribution in [0.3, 0.4) is 0 Å². The van der Waals surface area contributed by atoms with Gasteiger partial charge in [-0.2, -0.15) is 0 Å². The number of rotatable bonds is 6. The molecule has 23 heavy (non-hydrogen) atoms. The Kier molecular flexibility index (Phi) is 6.05. The maximum absolute atomic E-state index is 11.9. The summed E-state index contributed by atoms with van der Waals surface area (Å²) in [5.74, 6) is -0.405. The molecule has 0 aliphatic carbocycles. The van der Waals surface area contributed by atoms with E-state index in [-0.39, 0.29) is 12.5 Å². The lowest BCUT2D eigenvalue weighted by molar-refractivity contribution is -0.119. The van der Waals surface area contributed by atoms with E-state index in [1.165, 1.54) is 18.9 Å². The van der Waals surface area contributed by atoms with Gasteiger partial charge in [0, 0.05) is 4.90 Å². The Morgan fingerprint density at radius 3 is 2.65 bits per heavy atom. The van der Waals surface area contributed by atoms with Crippen molar-refractivity contribution in [3.05, 3.63) is 54.1 Å². The minimum absolute atomic E-state index is 0.335. The van der Waals surface area contributed by atoms with Gasteiger partial charge in [0.2, 0.25) is 0 Å². The van der Waals surface area contributed by atoms with E-state index >= 15 is 0 Å².